The predicted octanol–water partition coefficient (Wildman–Crippen LogP) is 2.32. The highest BCUT2D eigenvalue weighted by molar-refractivity contribution is 7.14. The summed E-state index contributed by atoms with van der Waals surface area (Å²) >= 11 is 1.34. The SMILES string of the molecule is Cc1ccc(C#Cc2ncc(C(=O)N3CCOCC3)s2)cc1. The van der Waals surface area contributed by atoms with Gasteiger partial charge in [0, 0.05) is 18.7 Å². The smallest absolute Gasteiger partial charge is 0.265 e. The second kappa shape index (κ2) is 6.73. The summed E-state index contributed by atoms with van der Waals surface area (Å²) in [5, 5.41) is 0.664. The Morgan fingerprint density at radius 2 is 1.95 bits per heavy atom. The molecule has 0 unspecified atom stereocenters. The monoisotopic (exact) mass is 312 g/mol. The van der Waals surface area contributed by atoms with Crippen LogP contribution in [0.2, 0.25) is 0 Å². The predicted molar refractivity (Wildman–Crippen MR) is 86.0 cm³/mol. The van der Waals surface area contributed by atoms with Gasteiger partial charge in [-0.3, -0.25) is 4.79 Å². The van der Waals surface area contributed by atoms with Crippen LogP contribution in [0, 0.1) is 18.8 Å². The van der Waals surface area contributed by atoms with Crippen LogP contribution in [-0.2, 0) is 4.74 Å². The zero-order valence-corrected chi connectivity index (χ0v) is 13.2. The second-order valence-corrected chi connectivity index (χ2v) is 6.08. The summed E-state index contributed by atoms with van der Waals surface area (Å²) in [4.78, 5) is 19.0. The first kappa shape index (κ1) is 14.8. The molecule has 0 radical (unpaired) electrons. The minimum Gasteiger partial charge on any atom is -0.378 e. The first-order valence-corrected chi connectivity index (χ1v) is 7.95. The van der Waals surface area contributed by atoms with Gasteiger partial charge in [0.05, 0.1) is 19.4 Å². The number of carbonyl (C=O) groups is 1. The standard InChI is InChI=1S/C17H16N2O2S/c1-13-2-4-14(5-3-13)6-7-16-18-12-15(22-16)17(20)19-8-10-21-11-9-19/h2-5,12H,8-11H2,1H3. The average Bonchev–Trinajstić information content (AvgIpc) is 3.03. The fraction of sp³-hybridized carbons (Fsp3) is 0.294. The van der Waals surface area contributed by atoms with E-state index in [0.29, 0.717) is 36.2 Å². The van der Waals surface area contributed by atoms with E-state index in [4.69, 9.17) is 4.74 Å². The third-order valence-electron chi connectivity index (χ3n) is 3.38. The van der Waals surface area contributed by atoms with Gasteiger partial charge in [-0.05, 0) is 25.0 Å². The van der Waals surface area contributed by atoms with Crippen molar-refractivity contribution in [3.8, 4) is 11.8 Å². The molecule has 1 saturated heterocycles. The van der Waals surface area contributed by atoms with Crippen LogP contribution in [0.25, 0.3) is 0 Å². The topological polar surface area (TPSA) is 42.4 Å². The Labute approximate surface area is 133 Å². The highest BCUT2D eigenvalue weighted by atomic mass is 32.1. The molecule has 112 valence electrons. The molecule has 1 aromatic carbocycles. The van der Waals surface area contributed by atoms with Gasteiger partial charge in [-0.2, -0.15) is 0 Å². The van der Waals surface area contributed by atoms with E-state index in [9.17, 15) is 4.79 Å². The van der Waals surface area contributed by atoms with Gasteiger partial charge >= 0.3 is 0 Å². The van der Waals surface area contributed by atoms with Crippen molar-refractivity contribution in [2.75, 3.05) is 26.3 Å². The molecule has 0 aliphatic carbocycles. The number of thiazole rings is 1. The summed E-state index contributed by atoms with van der Waals surface area (Å²) < 4.78 is 5.26. The van der Waals surface area contributed by atoms with Crippen molar-refractivity contribution in [2.24, 2.45) is 0 Å². The average molecular weight is 312 g/mol. The molecular weight excluding hydrogens is 296 g/mol. The van der Waals surface area contributed by atoms with Crippen molar-refractivity contribution in [3.05, 3.63) is 51.5 Å². The van der Waals surface area contributed by atoms with E-state index in [0.717, 1.165) is 5.56 Å². The maximum Gasteiger partial charge on any atom is 0.265 e. The van der Waals surface area contributed by atoms with E-state index >= 15 is 0 Å². The van der Waals surface area contributed by atoms with Crippen LogP contribution in [0.4, 0.5) is 0 Å². The van der Waals surface area contributed by atoms with Gasteiger partial charge in [-0.1, -0.05) is 23.6 Å². The Kier molecular flexibility index (Phi) is 4.52. The number of rotatable bonds is 1. The van der Waals surface area contributed by atoms with Crippen LogP contribution in [0.5, 0.6) is 0 Å². The second-order valence-electron chi connectivity index (χ2n) is 5.05. The van der Waals surface area contributed by atoms with E-state index in [-0.39, 0.29) is 5.91 Å². The first-order valence-electron chi connectivity index (χ1n) is 7.14. The van der Waals surface area contributed by atoms with Crippen LogP contribution in [0.3, 0.4) is 0 Å². The molecule has 1 aromatic heterocycles. The van der Waals surface area contributed by atoms with Crippen molar-refractivity contribution in [1.29, 1.82) is 0 Å². The summed E-state index contributed by atoms with van der Waals surface area (Å²) in [5.74, 6) is 6.11. The summed E-state index contributed by atoms with van der Waals surface area (Å²) in [6, 6.07) is 8.02. The number of benzene rings is 1. The number of ether oxygens (including phenoxy) is 1. The molecule has 22 heavy (non-hydrogen) atoms. The zero-order valence-electron chi connectivity index (χ0n) is 12.3. The van der Waals surface area contributed by atoms with Crippen molar-refractivity contribution in [3.63, 3.8) is 0 Å². The third-order valence-corrected chi connectivity index (χ3v) is 4.28. The molecule has 0 atom stereocenters. The molecule has 3 rings (SSSR count). The van der Waals surface area contributed by atoms with E-state index < -0.39 is 0 Å². The maximum absolute atomic E-state index is 12.3. The summed E-state index contributed by atoms with van der Waals surface area (Å²) in [5.41, 5.74) is 2.15. The highest BCUT2D eigenvalue weighted by Gasteiger charge is 2.20. The van der Waals surface area contributed by atoms with Crippen molar-refractivity contribution < 1.29 is 9.53 Å². The van der Waals surface area contributed by atoms with E-state index in [1.807, 2.05) is 31.2 Å². The fourth-order valence-electron chi connectivity index (χ4n) is 2.12. The normalized spacial score (nSPS) is 14.3. The van der Waals surface area contributed by atoms with Crippen LogP contribution in [0.1, 0.15) is 25.8 Å². The molecule has 0 spiro atoms. The maximum atomic E-state index is 12.3. The molecule has 0 bridgehead atoms. The van der Waals surface area contributed by atoms with Gasteiger partial charge in [0.15, 0.2) is 5.01 Å². The lowest BCUT2D eigenvalue weighted by atomic mass is 10.2. The van der Waals surface area contributed by atoms with E-state index in [1.54, 1.807) is 11.1 Å². The van der Waals surface area contributed by atoms with Gasteiger partial charge in [0.1, 0.15) is 4.88 Å². The Morgan fingerprint density at radius 3 is 2.68 bits per heavy atom. The van der Waals surface area contributed by atoms with Crippen molar-refractivity contribution in [2.45, 2.75) is 6.92 Å². The highest BCUT2D eigenvalue weighted by Crippen LogP contribution is 2.15. The quantitative estimate of drug-likeness (QED) is 0.759. The van der Waals surface area contributed by atoms with Gasteiger partial charge in [-0.25, -0.2) is 4.98 Å². The summed E-state index contributed by atoms with van der Waals surface area (Å²) in [7, 11) is 0. The van der Waals surface area contributed by atoms with Crippen molar-refractivity contribution in [1.82, 2.24) is 9.88 Å². The Bertz CT molecular complexity index is 719. The number of amides is 1. The van der Waals surface area contributed by atoms with Crippen LogP contribution in [-0.4, -0.2) is 42.1 Å². The molecule has 2 heterocycles. The number of aryl methyl sites for hydroxylation is 1. The van der Waals surface area contributed by atoms with Crippen LogP contribution >= 0.6 is 11.3 Å². The van der Waals surface area contributed by atoms with Gasteiger partial charge < -0.3 is 9.64 Å². The summed E-state index contributed by atoms with van der Waals surface area (Å²) in [6.07, 6.45) is 1.61. The zero-order chi connectivity index (χ0) is 15.4. The van der Waals surface area contributed by atoms with Crippen LogP contribution in [0.15, 0.2) is 30.5 Å². The lowest BCUT2D eigenvalue weighted by molar-refractivity contribution is 0.0306. The lowest BCUT2D eigenvalue weighted by Crippen LogP contribution is -2.40. The number of hydrogen-bond donors (Lipinski definition) is 0. The van der Waals surface area contributed by atoms with Gasteiger partial charge in [-0.15, -0.1) is 11.3 Å². The number of carbonyl (C=O) groups excluding carboxylic acids is 1. The van der Waals surface area contributed by atoms with E-state index in [2.05, 4.69) is 16.8 Å². The van der Waals surface area contributed by atoms with Gasteiger partial charge in [0.25, 0.3) is 5.91 Å². The Morgan fingerprint density at radius 1 is 1.23 bits per heavy atom. The molecule has 2 aromatic rings. The fourth-order valence-corrected chi connectivity index (χ4v) is 2.85. The molecule has 1 fully saturated rings. The lowest BCUT2D eigenvalue weighted by Gasteiger charge is -2.26. The number of aromatic nitrogens is 1. The van der Waals surface area contributed by atoms with E-state index in [1.165, 1.54) is 16.9 Å². The molecule has 1 aliphatic heterocycles. The number of morpholine rings is 1. The molecule has 4 nitrogen and oxygen atoms in total. The molecule has 5 heteroatoms. The minimum absolute atomic E-state index is 0.0178. The molecule has 1 amide bonds. The third kappa shape index (κ3) is 3.53. The molecule has 0 saturated carbocycles. The Balaban J connectivity index is 1.71. The molecule has 1 aliphatic rings. The van der Waals surface area contributed by atoms with Gasteiger partial charge in [0.2, 0.25) is 0 Å². The van der Waals surface area contributed by atoms with Crippen LogP contribution < -0.4 is 0 Å². The molecular formula is C17H16N2O2S. The molecule has 0 N–H and O–H groups in total. The summed E-state index contributed by atoms with van der Waals surface area (Å²) in [6.45, 7) is 4.53. The number of nitrogens with zero attached hydrogens (tertiary/aromatic N) is 2. The largest absolute Gasteiger partial charge is 0.378 e. The Hall–Kier alpha value is -2.16. The minimum atomic E-state index is 0.0178. The van der Waals surface area contributed by atoms with Crippen molar-refractivity contribution >= 4 is 17.2 Å². The first-order chi connectivity index (χ1) is 10.7. The number of hydrogen-bond acceptors (Lipinski definition) is 4.